The average molecular weight is 263 g/mol. The zero-order valence-corrected chi connectivity index (χ0v) is 11.2. The second-order valence-corrected chi connectivity index (χ2v) is 5.28. The molecule has 4 heteroatoms. The van der Waals surface area contributed by atoms with Crippen molar-refractivity contribution >= 4 is 0 Å². The predicted molar refractivity (Wildman–Crippen MR) is 72.7 cm³/mol. The summed E-state index contributed by atoms with van der Waals surface area (Å²) in [5.41, 5.74) is 0.912. The highest BCUT2D eigenvalue weighted by Gasteiger charge is 2.18. The summed E-state index contributed by atoms with van der Waals surface area (Å²) in [5, 5.41) is 10.3. The Morgan fingerprint density at radius 1 is 1.05 bits per heavy atom. The summed E-state index contributed by atoms with van der Waals surface area (Å²) in [6.45, 7) is 4.09. The topological polar surface area (TPSA) is 41.9 Å². The first-order valence-electron chi connectivity index (χ1n) is 7.13. The van der Waals surface area contributed by atoms with Crippen molar-refractivity contribution in [2.45, 2.75) is 25.4 Å². The highest BCUT2D eigenvalue weighted by Crippen LogP contribution is 2.32. The van der Waals surface area contributed by atoms with Gasteiger partial charge in [-0.25, -0.2) is 0 Å². The van der Waals surface area contributed by atoms with Crippen LogP contribution in [0.2, 0.25) is 0 Å². The van der Waals surface area contributed by atoms with Gasteiger partial charge in [-0.15, -0.1) is 0 Å². The molecule has 2 aliphatic heterocycles. The molecule has 4 nitrogen and oxygen atoms in total. The van der Waals surface area contributed by atoms with E-state index in [2.05, 4.69) is 4.90 Å². The van der Waals surface area contributed by atoms with Crippen molar-refractivity contribution < 1.29 is 14.6 Å². The van der Waals surface area contributed by atoms with E-state index in [4.69, 9.17) is 9.47 Å². The number of likely N-dealkylation sites (tertiary alicyclic amines) is 1. The Morgan fingerprint density at radius 2 is 1.79 bits per heavy atom. The largest absolute Gasteiger partial charge is 0.486 e. The molecule has 2 heterocycles. The van der Waals surface area contributed by atoms with Crippen molar-refractivity contribution in [2.24, 2.45) is 0 Å². The summed E-state index contributed by atoms with van der Waals surface area (Å²) in [7, 11) is 0. The number of aliphatic hydroxyl groups is 1. The van der Waals surface area contributed by atoms with Crippen LogP contribution < -0.4 is 9.47 Å². The van der Waals surface area contributed by atoms with Crippen LogP contribution in [0.15, 0.2) is 18.2 Å². The third kappa shape index (κ3) is 3.01. The van der Waals surface area contributed by atoms with Gasteiger partial charge in [0.25, 0.3) is 0 Å². The van der Waals surface area contributed by atoms with E-state index in [1.165, 1.54) is 19.3 Å². The summed E-state index contributed by atoms with van der Waals surface area (Å²) >= 11 is 0. The van der Waals surface area contributed by atoms with E-state index in [0.29, 0.717) is 19.8 Å². The molecule has 0 spiro atoms. The Kier molecular flexibility index (Phi) is 3.89. The number of fused-ring (bicyclic) bond motifs is 1. The third-order valence-corrected chi connectivity index (χ3v) is 3.83. The first-order chi connectivity index (χ1) is 9.33. The molecule has 0 unspecified atom stereocenters. The molecule has 0 saturated carbocycles. The lowest BCUT2D eigenvalue weighted by Crippen LogP contribution is -2.33. The van der Waals surface area contributed by atoms with Crippen LogP contribution in [-0.4, -0.2) is 42.9 Å². The number of ether oxygens (including phenoxy) is 2. The van der Waals surface area contributed by atoms with Gasteiger partial charge in [0.1, 0.15) is 13.2 Å². The van der Waals surface area contributed by atoms with Gasteiger partial charge >= 0.3 is 0 Å². The molecular formula is C15H21NO3. The standard InChI is InChI=1S/C15H21NO3/c17-13(11-16-6-2-1-3-7-16)12-4-5-14-15(10-12)19-9-8-18-14/h4-5,10,13,17H,1-3,6-9,11H2/t13-/m0/s1. The predicted octanol–water partition coefficient (Wildman–Crippen LogP) is 1.98. The molecular weight excluding hydrogens is 242 g/mol. The maximum atomic E-state index is 10.3. The Balaban J connectivity index is 1.67. The number of aliphatic hydroxyl groups excluding tert-OH is 1. The number of benzene rings is 1. The maximum Gasteiger partial charge on any atom is 0.161 e. The van der Waals surface area contributed by atoms with Crippen molar-refractivity contribution in [2.75, 3.05) is 32.8 Å². The quantitative estimate of drug-likeness (QED) is 0.905. The third-order valence-electron chi connectivity index (χ3n) is 3.83. The fourth-order valence-corrected chi connectivity index (χ4v) is 2.76. The molecule has 1 atom stereocenters. The lowest BCUT2D eigenvalue weighted by molar-refractivity contribution is 0.101. The van der Waals surface area contributed by atoms with Gasteiger partial charge in [-0.1, -0.05) is 12.5 Å². The number of hydrogen-bond donors (Lipinski definition) is 1. The summed E-state index contributed by atoms with van der Waals surface area (Å²) in [4.78, 5) is 2.34. The minimum absolute atomic E-state index is 0.450. The van der Waals surface area contributed by atoms with E-state index in [-0.39, 0.29) is 0 Å². The summed E-state index contributed by atoms with van der Waals surface area (Å²) in [6, 6.07) is 5.73. The second-order valence-electron chi connectivity index (χ2n) is 5.28. The SMILES string of the molecule is O[C@@H](CN1CCCCC1)c1ccc2c(c1)OCCO2. The van der Waals surface area contributed by atoms with Crippen LogP contribution in [0.3, 0.4) is 0 Å². The molecule has 1 fully saturated rings. The van der Waals surface area contributed by atoms with Gasteiger partial charge in [-0.3, -0.25) is 0 Å². The van der Waals surface area contributed by atoms with Crippen molar-refractivity contribution in [3.05, 3.63) is 23.8 Å². The van der Waals surface area contributed by atoms with Crippen molar-refractivity contribution in [3.63, 3.8) is 0 Å². The van der Waals surface area contributed by atoms with Gasteiger partial charge in [-0.2, -0.15) is 0 Å². The number of rotatable bonds is 3. The molecule has 0 aliphatic carbocycles. The van der Waals surface area contributed by atoms with Gasteiger partial charge in [-0.05, 0) is 43.6 Å². The maximum absolute atomic E-state index is 10.3. The van der Waals surface area contributed by atoms with Crippen molar-refractivity contribution in [1.82, 2.24) is 4.90 Å². The van der Waals surface area contributed by atoms with E-state index in [1.807, 2.05) is 18.2 Å². The Labute approximate surface area is 113 Å². The van der Waals surface area contributed by atoms with Gasteiger partial charge in [0.15, 0.2) is 11.5 Å². The average Bonchev–Trinajstić information content (AvgIpc) is 2.48. The lowest BCUT2D eigenvalue weighted by atomic mass is 10.1. The fraction of sp³-hybridized carbons (Fsp3) is 0.600. The molecule has 1 saturated heterocycles. The van der Waals surface area contributed by atoms with E-state index in [1.54, 1.807) is 0 Å². The lowest BCUT2D eigenvalue weighted by Gasteiger charge is -2.29. The minimum Gasteiger partial charge on any atom is -0.486 e. The number of piperidine rings is 1. The minimum atomic E-state index is -0.450. The van der Waals surface area contributed by atoms with Crippen LogP contribution >= 0.6 is 0 Å². The summed E-state index contributed by atoms with van der Waals surface area (Å²) in [6.07, 6.45) is 3.35. The first-order valence-corrected chi connectivity index (χ1v) is 7.13. The van der Waals surface area contributed by atoms with Crippen LogP contribution in [-0.2, 0) is 0 Å². The van der Waals surface area contributed by atoms with E-state index >= 15 is 0 Å². The van der Waals surface area contributed by atoms with Crippen LogP contribution in [0, 0.1) is 0 Å². The molecule has 1 N–H and O–H groups in total. The van der Waals surface area contributed by atoms with Crippen molar-refractivity contribution in [3.8, 4) is 11.5 Å². The van der Waals surface area contributed by atoms with E-state index in [9.17, 15) is 5.11 Å². The van der Waals surface area contributed by atoms with Crippen LogP contribution in [0.4, 0.5) is 0 Å². The first kappa shape index (κ1) is 12.8. The molecule has 3 rings (SSSR count). The Hall–Kier alpha value is -1.26. The molecule has 1 aromatic carbocycles. The van der Waals surface area contributed by atoms with E-state index in [0.717, 1.165) is 30.2 Å². The van der Waals surface area contributed by atoms with Gasteiger partial charge in [0, 0.05) is 6.54 Å². The smallest absolute Gasteiger partial charge is 0.161 e. The Morgan fingerprint density at radius 3 is 2.58 bits per heavy atom. The fourth-order valence-electron chi connectivity index (χ4n) is 2.76. The Bertz CT molecular complexity index is 429. The number of hydrogen-bond acceptors (Lipinski definition) is 4. The highest BCUT2D eigenvalue weighted by atomic mass is 16.6. The normalized spacial score (nSPS) is 21.1. The molecule has 1 aromatic rings. The monoisotopic (exact) mass is 263 g/mol. The summed E-state index contributed by atoms with van der Waals surface area (Å²) < 4.78 is 11.0. The van der Waals surface area contributed by atoms with Gasteiger partial charge in [0.2, 0.25) is 0 Å². The molecule has 0 aromatic heterocycles. The zero-order valence-electron chi connectivity index (χ0n) is 11.2. The number of nitrogens with zero attached hydrogens (tertiary/aromatic N) is 1. The van der Waals surface area contributed by atoms with Crippen LogP contribution in [0.5, 0.6) is 11.5 Å². The van der Waals surface area contributed by atoms with Gasteiger partial charge < -0.3 is 19.5 Å². The zero-order chi connectivity index (χ0) is 13.1. The summed E-state index contributed by atoms with van der Waals surface area (Å²) in [5.74, 6) is 1.53. The molecule has 19 heavy (non-hydrogen) atoms. The molecule has 2 aliphatic rings. The number of β-amino-alcohol motifs (C(OH)–C–C–N with tert-alkyl or cyclic N) is 1. The highest BCUT2D eigenvalue weighted by molar-refractivity contribution is 5.44. The molecule has 0 radical (unpaired) electrons. The van der Waals surface area contributed by atoms with E-state index < -0.39 is 6.10 Å². The molecule has 0 amide bonds. The van der Waals surface area contributed by atoms with Gasteiger partial charge in [0.05, 0.1) is 6.10 Å². The second kappa shape index (κ2) is 5.80. The van der Waals surface area contributed by atoms with Crippen LogP contribution in [0.25, 0.3) is 0 Å². The molecule has 0 bridgehead atoms. The van der Waals surface area contributed by atoms with Crippen LogP contribution in [0.1, 0.15) is 30.9 Å². The van der Waals surface area contributed by atoms with Crippen molar-refractivity contribution in [1.29, 1.82) is 0 Å². The molecule has 104 valence electrons.